The number of nitrogens with one attached hydrogen (secondary N) is 1. The van der Waals surface area contributed by atoms with Gasteiger partial charge in [-0.25, -0.2) is 9.37 Å². The third-order valence-corrected chi connectivity index (χ3v) is 5.00. The van der Waals surface area contributed by atoms with E-state index in [4.69, 9.17) is 4.42 Å². The number of nitrogens with zero attached hydrogens (tertiary/aromatic N) is 2. The Labute approximate surface area is 167 Å². The van der Waals surface area contributed by atoms with Gasteiger partial charge in [0.15, 0.2) is 5.69 Å². The molecule has 148 valence electrons. The molecule has 0 radical (unpaired) electrons. The van der Waals surface area contributed by atoms with Gasteiger partial charge in [-0.05, 0) is 68.3 Å². The van der Waals surface area contributed by atoms with Crippen LogP contribution >= 0.6 is 0 Å². The highest BCUT2D eigenvalue weighted by atomic mass is 19.1. The van der Waals surface area contributed by atoms with Crippen molar-refractivity contribution in [3.05, 3.63) is 65.3 Å². The first-order valence-corrected chi connectivity index (χ1v) is 9.31. The van der Waals surface area contributed by atoms with E-state index < -0.39 is 5.91 Å². The molecule has 2 heterocycles. The summed E-state index contributed by atoms with van der Waals surface area (Å²) in [5, 5.41) is 2.84. The van der Waals surface area contributed by atoms with Crippen molar-refractivity contribution in [3.8, 4) is 11.5 Å². The van der Waals surface area contributed by atoms with Gasteiger partial charge in [-0.15, -0.1) is 0 Å². The van der Waals surface area contributed by atoms with Crippen LogP contribution in [0.4, 0.5) is 15.8 Å². The van der Waals surface area contributed by atoms with Crippen molar-refractivity contribution in [3.63, 3.8) is 0 Å². The summed E-state index contributed by atoms with van der Waals surface area (Å²) in [4.78, 5) is 30.6. The molecule has 0 unspecified atom stereocenters. The summed E-state index contributed by atoms with van der Waals surface area (Å²) < 4.78 is 18.7. The van der Waals surface area contributed by atoms with Crippen LogP contribution in [-0.2, 0) is 11.2 Å². The molecule has 4 rings (SSSR count). The summed E-state index contributed by atoms with van der Waals surface area (Å²) in [5.41, 5.74) is 3.26. The van der Waals surface area contributed by atoms with Gasteiger partial charge >= 0.3 is 0 Å². The minimum atomic E-state index is -0.394. The molecule has 0 spiro atoms. The summed E-state index contributed by atoms with van der Waals surface area (Å²) in [7, 11) is 0. The number of oxazole rings is 1. The maximum absolute atomic E-state index is 13.1. The van der Waals surface area contributed by atoms with E-state index in [1.54, 1.807) is 36.9 Å². The van der Waals surface area contributed by atoms with Gasteiger partial charge in [0, 0.05) is 29.9 Å². The van der Waals surface area contributed by atoms with Crippen molar-refractivity contribution in [1.82, 2.24) is 4.98 Å². The molecule has 1 aliphatic rings. The van der Waals surface area contributed by atoms with E-state index in [1.807, 2.05) is 19.1 Å². The molecule has 7 heteroatoms. The molecule has 2 aromatic carbocycles. The standard InChI is InChI=1S/C22H20FN3O3/c1-12-10-16-11-18(8-9-19(16)26(12)14(3)27)24-21(28)20-13(2)29-22(25-20)15-4-6-17(23)7-5-15/h4-9,11-12H,10H2,1-3H3,(H,24,28)/t12-/m0/s1. The Hall–Kier alpha value is -3.48. The van der Waals surface area contributed by atoms with Crippen molar-refractivity contribution in [2.45, 2.75) is 33.2 Å². The zero-order chi connectivity index (χ0) is 20.7. The lowest BCUT2D eigenvalue weighted by molar-refractivity contribution is -0.116. The molecular formula is C22H20FN3O3. The Kier molecular flexibility index (Phi) is 4.66. The Morgan fingerprint density at radius 1 is 1.21 bits per heavy atom. The van der Waals surface area contributed by atoms with Crippen molar-refractivity contribution < 1.29 is 18.4 Å². The van der Waals surface area contributed by atoms with Gasteiger partial charge in [0.05, 0.1) is 0 Å². The smallest absolute Gasteiger partial charge is 0.277 e. The van der Waals surface area contributed by atoms with Crippen LogP contribution in [0.3, 0.4) is 0 Å². The number of hydrogen-bond acceptors (Lipinski definition) is 4. The van der Waals surface area contributed by atoms with Crippen molar-refractivity contribution in [2.24, 2.45) is 0 Å². The zero-order valence-corrected chi connectivity index (χ0v) is 16.3. The molecule has 3 aromatic rings. The van der Waals surface area contributed by atoms with Gasteiger partial charge in [0.1, 0.15) is 11.6 Å². The quantitative estimate of drug-likeness (QED) is 0.718. The molecule has 1 N–H and O–H groups in total. The van der Waals surface area contributed by atoms with Crippen molar-refractivity contribution in [2.75, 3.05) is 10.2 Å². The predicted octanol–water partition coefficient (Wildman–Crippen LogP) is 4.34. The van der Waals surface area contributed by atoms with Crippen LogP contribution < -0.4 is 10.2 Å². The Morgan fingerprint density at radius 2 is 1.93 bits per heavy atom. The number of aromatic nitrogens is 1. The van der Waals surface area contributed by atoms with Crippen LogP contribution in [0.25, 0.3) is 11.5 Å². The van der Waals surface area contributed by atoms with Crippen LogP contribution in [0, 0.1) is 12.7 Å². The number of carbonyl (C=O) groups is 2. The van der Waals surface area contributed by atoms with Gasteiger partial charge < -0.3 is 14.6 Å². The number of hydrogen-bond donors (Lipinski definition) is 1. The Bertz CT molecular complexity index is 1100. The molecule has 2 amide bonds. The molecule has 0 fully saturated rings. The minimum Gasteiger partial charge on any atom is -0.441 e. The predicted molar refractivity (Wildman–Crippen MR) is 107 cm³/mol. The van der Waals surface area contributed by atoms with Crippen LogP contribution in [0.2, 0.25) is 0 Å². The van der Waals surface area contributed by atoms with Crippen LogP contribution in [-0.4, -0.2) is 22.8 Å². The van der Waals surface area contributed by atoms with Gasteiger partial charge in [0.2, 0.25) is 11.8 Å². The molecule has 0 saturated heterocycles. The topological polar surface area (TPSA) is 75.4 Å². The van der Waals surface area contributed by atoms with E-state index in [0.717, 1.165) is 17.7 Å². The molecular weight excluding hydrogens is 373 g/mol. The molecule has 29 heavy (non-hydrogen) atoms. The second-order valence-electron chi connectivity index (χ2n) is 7.17. The van der Waals surface area contributed by atoms with Gasteiger partial charge in [-0.3, -0.25) is 9.59 Å². The average Bonchev–Trinajstić information content (AvgIpc) is 3.21. The SMILES string of the molecule is CC(=O)N1c2ccc(NC(=O)c3nc(-c4ccc(F)cc4)oc3C)cc2C[C@@H]1C. The minimum absolute atomic E-state index is 0.000389. The number of anilines is 2. The van der Waals surface area contributed by atoms with Gasteiger partial charge in [-0.2, -0.15) is 0 Å². The van der Waals surface area contributed by atoms with Crippen LogP contribution in [0.5, 0.6) is 0 Å². The second kappa shape index (κ2) is 7.16. The molecule has 6 nitrogen and oxygen atoms in total. The summed E-state index contributed by atoms with van der Waals surface area (Å²) in [6.07, 6.45) is 0.732. The highest BCUT2D eigenvalue weighted by molar-refractivity contribution is 6.04. The molecule has 0 aliphatic carbocycles. The van der Waals surface area contributed by atoms with Gasteiger partial charge in [0.25, 0.3) is 5.91 Å². The maximum atomic E-state index is 13.1. The highest BCUT2D eigenvalue weighted by Crippen LogP contribution is 2.34. The first-order valence-electron chi connectivity index (χ1n) is 9.31. The van der Waals surface area contributed by atoms with Crippen LogP contribution in [0.1, 0.15) is 35.7 Å². The maximum Gasteiger partial charge on any atom is 0.277 e. The number of fused-ring (bicyclic) bond motifs is 1. The van der Waals surface area contributed by atoms with E-state index in [0.29, 0.717) is 17.0 Å². The molecule has 0 saturated carbocycles. The lowest BCUT2D eigenvalue weighted by Gasteiger charge is -2.20. The molecule has 1 aromatic heterocycles. The molecule has 1 atom stereocenters. The van der Waals surface area contributed by atoms with E-state index in [9.17, 15) is 14.0 Å². The fourth-order valence-corrected chi connectivity index (χ4v) is 3.70. The van der Waals surface area contributed by atoms with E-state index in [2.05, 4.69) is 10.3 Å². The van der Waals surface area contributed by atoms with E-state index >= 15 is 0 Å². The summed E-state index contributed by atoms with van der Waals surface area (Å²) in [6.45, 7) is 5.20. The first-order chi connectivity index (χ1) is 13.8. The molecule has 1 aliphatic heterocycles. The Morgan fingerprint density at radius 3 is 2.62 bits per heavy atom. The van der Waals surface area contributed by atoms with E-state index in [1.165, 1.54) is 12.1 Å². The Balaban J connectivity index is 1.56. The fraction of sp³-hybridized carbons (Fsp3) is 0.227. The lowest BCUT2D eigenvalue weighted by Crippen LogP contribution is -2.33. The van der Waals surface area contributed by atoms with Crippen molar-refractivity contribution >= 4 is 23.2 Å². The number of benzene rings is 2. The number of aryl methyl sites for hydroxylation is 1. The van der Waals surface area contributed by atoms with E-state index in [-0.39, 0.29) is 29.4 Å². The normalized spacial score (nSPS) is 15.3. The number of carbonyl (C=O) groups excluding carboxylic acids is 2. The highest BCUT2D eigenvalue weighted by Gasteiger charge is 2.29. The number of rotatable bonds is 3. The largest absolute Gasteiger partial charge is 0.441 e. The van der Waals surface area contributed by atoms with Crippen LogP contribution in [0.15, 0.2) is 46.9 Å². The van der Waals surface area contributed by atoms with Crippen molar-refractivity contribution in [1.29, 1.82) is 0 Å². The monoisotopic (exact) mass is 393 g/mol. The zero-order valence-electron chi connectivity index (χ0n) is 16.3. The molecule has 0 bridgehead atoms. The third-order valence-electron chi connectivity index (χ3n) is 5.00. The average molecular weight is 393 g/mol. The fourth-order valence-electron chi connectivity index (χ4n) is 3.70. The summed E-state index contributed by atoms with van der Waals surface area (Å²) in [5.74, 6) is -0.121. The second-order valence-corrected chi connectivity index (χ2v) is 7.17. The van der Waals surface area contributed by atoms with Gasteiger partial charge in [-0.1, -0.05) is 0 Å². The first kappa shape index (κ1) is 18.9. The third kappa shape index (κ3) is 3.51. The number of amides is 2. The number of halogens is 1. The summed E-state index contributed by atoms with van der Waals surface area (Å²) >= 11 is 0. The lowest BCUT2D eigenvalue weighted by atomic mass is 10.1. The summed E-state index contributed by atoms with van der Waals surface area (Å²) in [6, 6.07) is 11.3.